The third-order valence-electron chi connectivity index (χ3n) is 9.11. The molecule has 3 aromatic rings. The van der Waals surface area contributed by atoms with Crippen molar-refractivity contribution in [1.29, 1.82) is 0 Å². The first kappa shape index (κ1) is 27.1. The fraction of sp³-hybridized carbons (Fsp3) is 0.265. The van der Waals surface area contributed by atoms with Gasteiger partial charge in [0, 0.05) is 51.6 Å². The van der Waals surface area contributed by atoms with Gasteiger partial charge in [-0.3, -0.25) is 19.3 Å². The number of rotatable bonds is 3. The minimum absolute atomic E-state index is 0.102. The van der Waals surface area contributed by atoms with Gasteiger partial charge in [0.25, 0.3) is 0 Å². The Morgan fingerprint density at radius 2 is 1.45 bits per heavy atom. The Morgan fingerprint density at radius 1 is 0.857 bits per heavy atom. The highest BCUT2D eigenvalue weighted by atomic mass is 35.5. The molecule has 3 aromatic carbocycles. The zero-order chi connectivity index (χ0) is 29.0. The third kappa shape index (κ3) is 4.41. The second-order valence-electron chi connectivity index (χ2n) is 11.5. The van der Waals surface area contributed by atoms with E-state index in [1.165, 1.54) is 0 Å². The number of ketones is 1. The first-order valence-electron chi connectivity index (χ1n) is 14.3. The van der Waals surface area contributed by atoms with E-state index in [0.717, 1.165) is 41.8 Å². The lowest BCUT2D eigenvalue weighted by atomic mass is 9.77. The summed E-state index contributed by atoms with van der Waals surface area (Å²) in [6.07, 6.45) is 6.23. The molecule has 2 amide bonds. The fourth-order valence-corrected chi connectivity index (χ4v) is 7.55. The number of para-hydroxylation sites is 1. The number of piperidine rings is 1. The summed E-state index contributed by atoms with van der Waals surface area (Å²) < 4.78 is 0. The minimum atomic E-state index is -1.05. The molecule has 0 unspecified atom stereocenters. The lowest BCUT2D eigenvalue weighted by Gasteiger charge is -2.39. The van der Waals surface area contributed by atoms with E-state index >= 15 is 0 Å². The van der Waals surface area contributed by atoms with E-state index in [2.05, 4.69) is 10.2 Å². The molecule has 0 aromatic heterocycles. The summed E-state index contributed by atoms with van der Waals surface area (Å²) in [7, 11) is 0. The van der Waals surface area contributed by atoms with E-state index in [4.69, 9.17) is 23.2 Å². The molecule has 0 saturated carbocycles. The van der Waals surface area contributed by atoms with Gasteiger partial charge in [0.05, 0.1) is 5.92 Å². The van der Waals surface area contributed by atoms with Crippen molar-refractivity contribution in [3.63, 3.8) is 0 Å². The second-order valence-corrected chi connectivity index (χ2v) is 12.4. The number of fused-ring (bicyclic) bond motifs is 4. The average molecular weight is 599 g/mol. The number of carbonyl (C=O) groups is 3. The standard InChI is InChI=1S/C34H29Cl2N3O3/c35-25-11-7-21(8-12-25)16-23-19-38(20-24(31(23)40)17-22-9-13-26(36)14-10-22)32(41)29-18-27-4-3-15-39(27)34(29)28-5-1-2-6-30(28)37-33(34)42/h1-2,5-14,16-17,27,29H,3-4,15,18-20H2,(H,37,42)/b23-16+,24-17+/t27-,29-,34+/m1/s1. The quantitative estimate of drug-likeness (QED) is 0.365. The number of halogens is 2. The zero-order valence-electron chi connectivity index (χ0n) is 22.9. The highest BCUT2D eigenvalue weighted by molar-refractivity contribution is 6.31. The van der Waals surface area contributed by atoms with Crippen molar-refractivity contribution < 1.29 is 14.4 Å². The molecule has 6 nitrogen and oxygen atoms in total. The normalized spacial score (nSPS) is 27.1. The van der Waals surface area contributed by atoms with Gasteiger partial charge < -0.3 is 10.2 Å². The monoisotopic (exact) mass is 597 g/mol. The second kappa shape index (κ2) is 10.5. The Bertz CT molecular complexity index is 1600. The molecular formula is C34H29Cl2N3O3. The van der Waals surface area contributed by atoms with Gasteiger partial charge in [0.15, 0.2) is 5.78 Å². The Morgan fingerprint density at radius 3 is 2.07 bits per heavy atom. The molecule has 0 bridgehead atoms. The van der Waals surface area contributed by atoms with Crippen LogP contribution in [0.2, 0.25) is 10.0 Å². The lowest BCUT2D eigenvalue weighted by molar-refractivity contribution is -0.144. The topological polar surface area (TPSA) is 69.7 Å². The number of benzene rings is 3. The first-order chi connectivity index (χ1) is 20.3. The van der Waals surface area contributed by atoms with E-state index in [0.29, 0.717) is 27.6 Å². The Kier molecular flexibility index (Phi) is 6.81. The molecule has 1 spiro atoms. The maximum Gasteiger partial charge on any atom is 0.250 e. The van der Waals surface area contributed by atoms with Crippen LogP contribution in [0, 0.1) is 5.92 Å². The summed E-state index contributed by atoms with van der Waals surface area (Å²) in [6, 6.07) is 22.4. The molecule has 3 fully saturated rings. The van der Waals surface area contributed by atoms with Gasteiger partial charge in [-0.15, -0.1) is 0 Å². The molecule has 1 N–H and O–H groups in total. The minimum Gasteiger partial charge on any atom is -0.333 e. The van der Waals surface area contributed by atoms with Crippen molar-refractivity contribution in [3.05, 3.63) is 111 Å². The van der Waals surface area contributed by atoms with E-state index in [9.17, 15) is 14.4 Å². The Balaban J connectivity index is 1.29. The van der Waals surface area contributed by atoms with Crippen LogP contribution in [-0.4, -0.2) is 53.1 Å². The highest BCUT2D eigenvalue weighted by Gasteiger charge is 2.66. The molecule has 3 atom stereocenters. The highest BCUT2D eigenvalue weighted by Crippen LogP contribution is 2.55. The maximum absolute atomic E-state index is 14.7. The molecule has 0 aliphatic carbocycles. The van der Waals surface area contributed by atoms with Gasteiger partial charge >= 0.3 is 0 Å². The number of Topliss-reactive ketones (excluding diaryl/α,β-unsaturated/α-hetero) is 1. The smallest absolute Gasteiger partial charge is 0.250 e. The number of amides is 2. The summed E-state index contributed by atoms with van der Waals surface area (Å²) >= 11 is 12.2. The number of hydrogen-bond donors (Lipinski definition) is 1. The summed E-state index contributed by atoms with van der Waals surface area (Å²) in [5.74, 6) is -0.899. The largest absolute Gasteiger partial charge is 0.333 e. The number of likely N-dealkylation sites (tertiary alicyclic amines) is 1. The number of nitrogens with one attached hydrogen (secondary N) is 1. The van der Waals surface area contributed by atoms with Gasteiger partial charge in [-0.2, -0.15) is 0 Å². The summed E-state index contributed by atoms with van der Waals surface area (Å²) in [5, 5.41) is 4.29. The Hall–Kier alpha value is -3.71. The molecule has 42 heavy (non-hydrogen) atoms. The number of anilines is 1. The number of nitrogens with zero attached hydrogens (tertiary/aromatic N) is 2. The predicted molar refractivity (Wildman–Crippen MR) is 165 cm³/mol. The fourth-order valence-electron chi connectivity index (χ4n) is 7.30. The maximum atomic E-state index is 14.7. The molecule has 3 saturated heterocycles. The van der Waals surface area contributed by atoms with E-state index in [1.807, 2.05) is 60.7 Å². The van der Waals surface area contributed by atoms with Crippen molar-refractivity contribution in [2.75, 3.05) is 25.0 Å². The van der Waals surface area contributed by atoms with Crippen LogP contribution in [0.3, 0.4) is 0 Å². The van der Waals surface area contributed by atoms with Gasteiger partial charge in [-0.25, -0.2) is 0 Å². The average Bonchev–Trinajstić information content (AvgIpc) is 3.66. The van der Waals surface area contributed by atoms with E-state index in [1.54, 1.807) is 29.2 Å². The van der Waals surface area contributed by atoms with Crippen LogP contribution in [0.25, 0.3) is 12.2 Å². The van der Waals surface area contributed by atoms with Gasteiger partial charge in [0.2, 0.25) is 11.8 Å². The third-order valence-corrected chi connectivity index (χ3v) is 9.62. The van der Waals surface area contributed by atoms with Crippen LogP contribution >= 0.6 is 23.2 Å². The number of hydrogen-bond acceptors (Lipinski definition) is 4. The molecular weight excluding hydrogens is 569 g/mol. The van der Waals surface area contributed by atoms with E-state index in [-0.39, 0.29) is 36.7 Å². The van der Waals surface area contributed by atoms with Crippen LogP contribution < -0.4 is 5.32 Å². The van der Waals surface area contributed by atoms with Crippen LogP contribution in [0.5, 0.6) is 0 Å². The van der Waals surface area contributed by atoms with Crippen LogP contribution in [-0.2, 0) is 19.9 Å². The molecule has 7 rings (SSSR count). The van der Waals surface area contributed by atoms with Crippen molar-refractivity contribution in [3.8, 4) is 0 Å². The lowest BCUT2D eigenvalue weighted by Crippen LogP contribution is -2.56. The van der Waals surface area contributed by atoms with Crippen LogP contribution in [0.1, 0.15) is 36.0 Å². The van der Waals surface area contributed by atoms with Crippen molar-refractivity contribution in [1.82, 2.24) is 9.80 Å². The molecule has 4 aliphatic rings. The summed E-state index contributed by atoms with van der Waals surface area (Å²) in [4.78, 5) is 46.4. The van der Waals surface area contributed by atoms with Crippen molar-refractivity contribution in [2.24, 2.45) is 5.92 Å². The molecule has 4 aliphatic heterocycles. The van der Waals surface area contributed by atoms with Gasteiger partial charge in [0.1, 0.15) is 5.54 Å². The SMILES string of the molecule is O=C1/C(=C/c2ccc(Cl)cc2)CN(C(=O)[C@H]2C[C@H]3CCCN3[C@]23C(=O)Nc2ccccc23)C/C1=C\c1ccc(Cl)cc1. The molecule has 4 heterocycles. The number of carbonyl (C=O) groups excluding carboxylic acids is 3. The Labute approximate surface area is 254 Å². The van der Waals surface area contributed by atoms with Crippen molar-refractivity contribution in [2.45, 2.75) is 30.8 Å². The van der Waals surface area contributed by atoms with Gasteiger partial charge in [-0.1, -0.05) is 65.7 Å². The van der Waals surface area contributed by atoms with Crippen molar-refractivity contribution >= 4 is 58.6 Å². The first-order valence-corrected chi connectivity index (χ1v) is 15.0. The van der Waals surface area contributed by atoms with Crippen LogP contribution in [0.4, 0.5) is 5.69 Å². The summed E-state index contributed by atoms with van der Waals surface area (Å²) in [5.41, 5.74) is 3.28. The van der Waals surface area contributed by atoms with Gasteiger partial charge in [-0.05, 0) is 79.4 Å². The van der Waals surface area contributed by atoms with Crippen LogP contribution in [0.15, 0.2) is 83.9 Å². The molecule has 8 heteroatoms. The van der Waals surface area contributed by atoms with E-state index < -0.39 is 11.5 Å². The summed E-state index contributed by atoms with van der Waals surface area (Å²) in [6.45, 7) is 1.11. The molecule has 212 valence electrons. The molecule has 0 radical (unpaired) electrons. The predicted octanol–water partition coefficient (Wildman–Crippen LogP) is 6.20. The zero-order valence-corrected chi connectivity index (χ0v) is 24.4.